The smallest absolute Gasteiger partial charge is 0.0728 e. The van der Waals surface area contributed by atoms with Gasteiger partial charge in [-0.25, -0.2) is 0 Å². The summed E-state index contributed by atoms with van der Waals surface area (Å²) >= 11 is 0. The van der Waals surface area contributed by atoms with E-state index < -0.39 is 0 Å². The van der Waals surface area contributed by atoms with Gasteiger partial charge < -0.3 is 10.1 Å². The van der Waals surface area contributed by atoms with E-state index in [0.29, 0.717) is 17.6 Å². The maximum Gasteiger partial charge on any atom is 0.0728 e. The van der Waals surface area contributed by atoms with Crippen LogP contribution in [0.2, 0.25) is 0 Å². The van der Waals surface area contributed by atoms with Gasteiger partial charge >= 0.3 is 0 Å². The summed E-state index contributed by atoms with van der Waals surface area (Å²) in [5.41, 5.74) is 1.54. The van der Waals surface area contributed by atoms with Crippen LogP contribution in [0.1, 0.15) is 52.4 Å². The molecular formula is C16H27N3O. The molecule has 1 spiro atoms. The van der Waals surface area contributed by atoms with Crippen molar-refractivity contribution in [3.05, 3.63) is 12.4 Å². The Labute approximate surface area is 121 Å². The molecule has 2 aliphatic carbocycles. The lowest BCUT2D eigenvalue weighted by atomic mass is 9.55. The van der Waals surface area contributed by atoms with Gasteiger partial charge in [0.05, 0.1) is 18.0 Å². The van der Waals surface area contributed by atoms with Gasteiger partial charge in [-0.15, -0.1) is 0 Å². The molecule has 0 aliphatic heterocycles. The van der Waals surface area contributed by atoms with Crippen LogP contribution in [-0.2, 0) is 11.3 Å². The Morgan fingerprint density at radius 1 is 1.35 bits per heavy atom. The second kappa shape index (κ2) is 5.76. The molecule has 2 unspecified atom stereocenters. The predicted octanol–water partition coefficient (Wildman–Crippen LogP) is 3.44. The molecule has 4 heteroatoms. The van der Waals surface area contributed by atoms with E-state index in [-0.39, 0.29) is 0 Å². The van der Waals surface area contributed by atoms with Crippen molar-refractivity contribution in [3.63, 3.8) is 0 Å². The molecule has 112 valence electrons. The van der Waals surface area contributed by atoms with E-state index in [1.165, 1.54) is 32.1 Å². The SMILES string of the molecule is CCOC1CC(Nc2cnn(CC)c2)C12CCCCC2. The van der Waals surface area contributed by atoms with Crippen LogP contribution in [0.25, 0.3) is 0 Å². The molecule has 20 heavy (non-hydrogen) atoms. The molecule has 2 fully saturated rings. The normalized spacial score (nSPS) is 28.3. The molecule has 0 aromatic carbocycles. The molecule has 3 rings (SSSR count). The molecule has 0 saturated heterocycles. The van der Waals surface area contributed by atoms with E-state index in [9.17, 15) is 0 Å². The Bertz CT molecular complexity index is 437. The van der Waals surface area contributed by atoms with Gasteiger partial charge in [0, 0.05) is 30.8 Å². The van der Waals surface area contributed by atoms with E-state index in [2.05, 4.69) is 30.5 Å². The fraction of sp³-hybridized carbons (Fsp3) is 0.812. The van der Waals surface area contributed by atoms with Crippen LogP contribution in [-0.4, -0.2) is 28.5 Å². The van der Waals surface area contributed by atoms with E-state index in [1.54, 1.807) is 0 Å². The Morgan fingerprint density at radius 2 is 2.15 bits per heavy atom. The number of nitrogens with one attached hydrogen (secondary N) is 1. The minimum absolute atomic E-state index is 0.378. The summed E-state index contributed by atoms with van der Waals surface area (Å²) < 4.78 is 7.99. The van der Waals surface area contributed by atoms with E-state index in [4.69, 9.17) is 4.74 Å². The van der Waals surface area contributed by atoms with Crippen LogP contribution >= 0.6 is 0 Å². The topological polar surface area (TPSA) is 39.1 Å². The third-order valence-electron chi connectivity index (χ3n) is 5.24. The Balaban J connectivity index is 1.69. The number of ether oxygens (including phenoxy) is 1. The van der Waals surface area contributed by atoms with Gasteiger partial charge in [-0.05, 0) is 33.1 Å². The molecule has 1 aromatic heterocycles. The van der Waals surface area contributed by atoms with E-state index in [1.807, 2.05) is 10.9 Å². The minimum atomic E-state index is 0.378. The quantitative estimate of drug-likeness (QED) is 0.896. The van der Waals surface area contributed by atoms with Crippen molar-refractivity contribution in [2.24, 2.45) is 5.41 Å². The number of hydrogen-bond donors (Lipinski definition) is 1. The third kappa shape index (κ3) is 2.34. The van der Waals surface area contributed by atoms with Crippen molar-refractivity contribution in [2.45, 2.75) is 71.1 Å². The molecule has 0 bridgehead atoms. The molecule has 0 amide bonds. The first-order chi connectivity index (χ1) is 9.78. The van der Waals surface area contributed by atoms with Crippen LogP contribution in [0.15, 0.2) is 12.4 Å². The summed E-state index contributed by atoms with van der Waals surface area (Å²) in [5.74, 6) is 0. The van der Waals surface area contributed by atoms with Crippen LogP contribution in [0.5, 0.6) is 0 Å². The van der Waals surface area contributed by atoms with Gasteiger partial charge in [0.15, 0.2) is 0 Å². The largest absolute Gasteiger partial charge is 0.379 e. The number of hydrogen-bond acceptors (Lipinski definition) is 3. The number of aromatic nitrogens is 2. The number of aryl methyl sites for hydroxylation is 1. The fourth-order valence-electron chi connectivity index (χ4n) is 4.08. The van der Waals surface area contributed by atoms with Crippen LogP contribution in [0, 0.1) is 5.41 Å². The Kier molecular flexibility index (Phi) is 4.01. The molecule has 2 aliphatic rings. The average molecular weight is 277 g/mol. The second-order valence-corrected chi connectivity index (χ2v) is 6.26. The highest BCUT2D eigenvalue weighted by Gasteiger charge is 2.55. The molecule has 2 saturated carbocycles. The second-order valence-electron chi connectivity index (χ2n) is 6.26. The van der Waals surface area contributed by atoms with Gasteiger partial charge in [0.25, 0.3) is 0 Å². The summed E-state index contributed by atoms with van der Waals surface area (Å²) in [5, 5.41) is 8.08. The summed E-state index contributed by atoms with van der Waals surface area (Å²) in [4.78, 5) is 0. The molecule has 2 atom stereocenters. The van der Waals surface area contributed by atoms with Crippen molar-refractivity contribution < 1.29 is 4.74 Å². The number of rotatable bonds is 5. The highest BCUT2D eigenvalue weighted by molar-refractivity contribution is 5.41. The predicted molar refractivity (Wildman–Crippen MR) is 80.9 cm³/mol. The highest BCUT2D eigenvalue weighted by atomic mass is 16.5. The lowest BCUT2D eigenvalue weighted by Crippen LogP contribution is -2.62. The van der Waals surface area contributed by atoms with E-state index >= 15 is 0 Å². The monoisotopic (exact) mass is 277 g/mol. The first kappa shape index (κ1) is 13.9. The molecule has 4 nitrogen and oxygen atoms in total. The van der Waals surface area contributed by atoms with Crippen molar-refractivity contribution in [1.29, 1.82) is 0 Å². The minimum Gasteiger partial charge on any atom is -0.379 e. The molecule has 1 N–H and O–H groups in total. The van der Waals surface area contributed by atoms with E-state index in [0.717, 1.165) is 25.3 Å². The van der Waals surface area contributed by atoms with Crippen LogP contribution in [0.4, 0.5) is 5.69 Å². The number of nitrogens with zero attached hydrogens (tertiary/aromatic N) is 2. The molecule has 1 aromatic rings. The van der Waals surface area contributed by atoms with Crippen molar-refractivity contribution in [1.82, 2.24) is 9.78 Å². The lowest BCUT2D eigenvalue weighted by molar-refractivity contribution is -0.134. The number of anilines is 1. The summed E-state index contributed by atoms with van der Waals surface area (Å²) in [7, 11) is 0. The first-order valence-electron chi connectivity index (χ1n) is 8.19. The maximum atomic E-state index is 6.00. The van der Waals surface area contributed by atoms with Crippen molar-refractivity contribution in [3.8, 4) is 0 Å². The van der Waals surface area contributed by atoms with Gasteiger partial charge in [0.2, 0.25) is 0 Å². The van der Waals surface area contributed by atoms with Gasteiger partial charge in [-0.3, -0.25) is 4.68 Å². The van der Waals surface area contributed by atoms with Gasteiger partial charge in [-0.2, -0.15) is 5.10 Å². The maximum absolute atomic E-state index is 6.00. The third-order valence-corrected chi connectivity index (χ3v) is 5.24. The van der Waals surface area contributed by atoms with Gasteiger partial charge in [-0.1, -0.05) is 19.3 Å². The lowest BCUT2D eigenvalue weighted by Gasteiger charge is -2.57. The zero-order valence-corrected chi connectivity index (χ0v) is 12.8. The summed E-state index contributed by atoms with van der Waals surface area (Å²) in [6.45, 7) is 6.00. The summed E-state index contributed by atoms with van der Waals surface area (Å²) in [6, 6.07) is 0.564. The Morgan fingerprint density at radius 3 is 2.80 bits per heavy atom. The zero-order valence-electron chi connectivity index (χ0n) is 12.8. The fourth-order valence-corrected chi connectivity index (χ4v) is 4.08. The molecule has 1 heterocycles. The molecular weight excluding hydrogens is 250 g/mol. The van der Waals surface area contributed by atoms with Crippen LogP contribution in [0.3, 0.4) is 0 Å². The highest BCUT2D eigenvalue weighted by Crippen LogP contribution is 2.54. The first-order valence-corrected chi connectivity index (χ1v) is 8.19. The standard InChI is InChI=1S/C16H27N3O/c1-3-19-12-13(11-17-19)18-14-10-15(20-4-2)16(14)8-6-5-7-9-16/h11-12,14-15,18H,3-10H2,1-2H3. The van der Waals surface area contributed by atoms with Crippen LogP contribution < -0.4 is 5.32 Å². The van der Waals surface area contributed by atoms with Gasteiger partial charge in [0.1, 0.15) is 0 Å². The average Bonchev–Trinajstić information content (AvgIpc) is 2.95. The zero-order chi connectivity index (χ0) is 14.0. The summed E-state index contributed by atoms with van der Waals surface area (Å²) in [6.07, 6.45) is 12.4. The molecule has 0 radical (unpaired) electrons. The van der Waals surface area contributed by atoms with Crippen molar-refractivity contribution in [2.75, 3.05) is 11.9 Å². The van der Waals surface area contributed by atoms with Crippen molar-refractivity contribution >= 4 is 5.69 Å². The Hall–Kier alpha value is -1.03.